The van der Waals surface area contributed by atoms with E-state index in [9.17, 15) is 13.2 Å². The van der Waals surface area contributed by atoms with Gasteiger partial charge in [0.2, 0.25) is 0 Å². The van der Waals surface area contributed by atoms with Crippen molar-refractivity contribution in [2.24, 2.45) is 0 Å². The first-order chi connectivity index (χ1) is 7.84. The van der Waals surface area contributed by atoms with Gasteiger partial charge in [-0.05, 0) is 13.5 Å². The molecule has 0 spiro atoms. The van der Waals surface area contributed by atoms with Gasteiger partial charge in [0, 0.05) is 18.9 Å². The van der Waals surface area contributed by atoms with E-state index in [0.717, 1.165) is 12.8 Å². The van der Waals surface area contributed by atoms with Gasteiger partial charge in [-0.15, -0.1) is 0 Å². The molecular formula is C10H17N3O3S. The van der Waals surface area contributed by atoms with E-state index in [0.29, 0.717) is 12.2 Å². The number of aromatic nitrogens is 2. The van der Waals surface area contributed by atoms with Gasteiger partial charge in [0.15, 0.2) is 9.84 Å². The van der Waals surface area contributed by atoms with Crippen LogP contribution in [0.15, 0.2) is 10.9 Å². The molecule has 0 aliphatic carbocycles. The summed E-state index contributed by atoms with van der Waals surface area (Å²) in [5, 5.41) is 2.22. The molecule has 6 nitrogen and oxygen atoms in total. The number of hydrogen-bond donors (Lipinski definition) is 2. The molecule has 1 aromatic rings. The predicted molar refractivity (Wildman–Crippen MR) is 65.5 cm³/mol. The highest BCUT2D eigenvalue weighted by Crippen LogP contribution is 2.15. The summed E-state index contributed by atoms with van der Waals surface area (Å²) < 4.78 is 22.8. The van der Waals surface area contributed by atoms with Gasteiger partial charge in [0.25, 0.3) is 5.56 Å². The molecular weight excluding hydrogens is 242 g/mol. The monoisotopic (exact) mass is 259 g/mol. The third-order valence-corrected chi connectivity index (χ3v) is 3.90. The molecule has 1 aromatic heterocycles. The van der Waals surface area contributed by atoms with Gasteiger partial charge < -0.3 is 10.3 Å². The van der Waals surface area contributed by atoms with Crippen LogP contribution in [0.3, 0.4) is 0 Å². The van der Waals surface area contributed by atoms with Gasteiger partial charge in [0.05, 0.1) is 5.69 Å². The summed E-state index contributed by atoms with van der Waals surface area (Å²) in [5.41, 5.74) is 0.208. The summed E-state index contributed by atoms with van der Waals surface area (Å²) in [6.45, 7) is 4.65. The molecule has 1 heterocycles. The molecule has 1 rings (SSSR count). The van der Waals surface area contributed by atoms with Crippen LogP contribution in [0.1, 0.15) is 30.6 Å². The van der Waals surface area contributed by atoms with E-state index in [2.05, 4.69) is 15.3 Å². The topological polar surface area (TPSA) is 91.9 Å². The van der Waals surface area contributed by atoms with E-state index in [-0.39, 0.29) is 11.4 Å². The van der Waals surface area contributed by atoms with Crippen LogP contribution in [-0.2, 0) is 16.4 Å². The van der Waals surface area contributed by atoms with Crippen molar-refractivity contribution >= 4 is 9.84 Å². The fourth-order valence-corrected chi connectivity index (χ4v) is 1.78. The van der Waals surface area contributed by atoms with Crippen LogP contribution in [0.5, 0.6) is 0 Å². The zero-order valence-corrected chi connectivity index (χ0v) is 11.0. The maximum Gasteiger partial charge on any atom is 0.251 e. The fraction of sp³-hybridized carbons (Fsp3) is 0.600. The van der Waals surface area contributed by atoms with E-state index in [4.69, 9.17) is 0 Å². The summed E-state index contributed by atoms with van der Waals surface area (Å²) >= 11 is 0. The lowest BCUT2D eigenvalue weighted by atomic mass is 10.3. The minimum absolute atomic E-state index is 0.188. The van der Waals surface area contributed by atoms with Crippen molar-refractivity contribution in [3.05, 3.63) is 27.9 Å². The first-order valence-electron chi connectivity index (χ1n) is 5.34. The van der Waals surface area contributed by atoms with Crippen molar-refractivity contribution in [2.45, 2.75) is 25.6 Å². The van der Waals surface area contributed by atoms with Gasteiger partial charge in [-0.2, -0.15) is 0 Å². The first kappa shape index (κ1) is 13.9. The largest absolute Gasteiger partial charge is 0.311 e. The SMILES string of the molecule is CCNCc1cc(=O)[nH]c(C(C)S(C)(=O)=O)n1. The molecule has 0 fully saturated rings. The highest BCUT2D eigenvalue weighted by atomic mass is 32.2. The lowest BCUT2D eigenvalue weighted by Gasteiger charge is -2.10. The van der Waals surface area contributed by atoms with Crippen LogP contribution in [0.4, 0.5) is 0 Å². The van der Waals surface area contributed by atoms with Crippen molar-refractivity contribution in [3.8, 4) is 0 Å². The molecule has 17 heavy (non-hydrogen) atoms. The van der Waals surface area contributed by atoms with Crippen molar-refractivity contribution < 1.29 is 8.42 Å². The second-order valence-electron chi connectivity index (χ2n) is 3.87. The molecule has 0 saturated carbocycles. The van der Waals surface area contributed by atoms with E-state index in [1.165, 1.54) is 13.0 Å². The van der Waals surface area contributed by atoms with Crippen molar-refractivity contribution in [1.82, 2.24) is 15.3 Å². The van der Waals surface area contributed by atoms with Gasteiger partial charge in [-0.1, -0.05) is 6.92 Å². The predicted octanol–water partition coefficient (Wildman–Crippen LogP) is -0.0150. The zero-order chi connectivity index (χ0) is 13.1. The number of aromatic amines is 1. The lowest BCUT2D eigenvalue weighted by Crippen LogP contribution is -2.21. The third kappa shape index (κ3) is 3.94. The molecule has 0 aromatic carbocycles. The van der Waals surface area contributed by atoms with Gasteiger partial charge in [0.1, 0.15) is 11.1 Å². The van der Waals surface area contributed by atoms with Crippen LogP contribution < -0.4 is 10.9 Å². The Labute approximate surface area is 100 Å². The summed E-state index contributed by atoms with van der Waals surface area (Å²) in [6.07, 6.45) is 1.12. The number of rotatable bonds is 5. The Morgan fingerprint density at radius 1 is 1.53 bits per heavy atom. The van der Waals surface area contributed by atoms with Crippen LogP contribution in [0, 0.1) is 0 Å². The molecule has 0 aliphatic heterocycles. The van der Waals surface area contributed by atoms with Gasteiger partial charge in [-0.3, -0.25) is 4.79 Å². The fourth-order valence-electron chi connectivity index (χ4n) is 1.27. The number of nitrogens with zero attached hydrogens (tertiary/aromatic N) is 1. The average molecular weight is 259 g/mol. The molecule has 0 amide bonds. The average Bonchev–Trinajstić information content (AvgIpc) is 2.23. The van der Waals surface area contributed by atoms with E-state index in [1.54, 1.807) is 0 Å². The minimum Gasteiger partial charge on any atom is -0.311 e. The minimum atomic E-state index is -3.26. The van der Waals surface area contributed by atoms with E-state index in [1.807, 2.05) is 6.92 Å². The lowest BCUT2D eigenvalue weighted by molar-refractivity contribution is 0.588. The molecule has 1 unspecified atom stereocenters. The van der Waals surface area contributed by atoms with Crippen LogP contribution >= 0.6 is 0 Å². The van der Waals surface area contributed by atoms with Crippen molar-refractivity contribution in [1.29, 1.82) is 0 Å². The molecule has 0 bridgehead atoms. The number of H-pyrrole nitrogens is 1. The second kappa shape index (κ2) is 5.42. The quantitative estimate of drug-likeness (QED) is 0.775. The highest BCUT2D eigenvalue weighted by molar-refractivity contribution is 7.90. The second-order valence-corrected chi connectivity index (χ2v) is 6.24. The van der Waals surface area contributed by atoms with Crippen LogP contribution in [0.25, 0.3) is 0 Å². The smallest absolute Gasteiger partial charge is 0.251 e. The Bertz CT molecular complexity index is 536. The third-order valence-electron chi connectivity index (χ3n) is 2.40. The Kier molecular flexibility index (Phi) is 4.41. The maximum absolute atomic E-state index is 11.4. The number of hydrogen-bond acceptors (Lipinski definition) is 5. The van der Waals surface area contributed by atoms with Crippen LogP contribution in [-0.4, -0.2) is 31.2 Å². The molecule has 96 valence electrons. The molecule has 2 N–H and O–H groups in total. The van der Waals surface area contributed by atoms with E-state index < -0.39 is 15.1 Å². The molecule has 7 heteroatoms. The summed E-state index contributed by atoms with van der Waals surface area (Å²) in [6, 6.07) is 1.36. The Hall–Kier alpha value is -1.21. The summed E-state index contributed by atoms with van der Waals surface area (Å²) in [4.78, 5) is 18.0. The molecule has 0 aliphatic rings. The van der Waals surface area contributed by atoms with Gasteiger partial charge in [-0.25, -0.2) is 13.4 Å². The Morgan fingerprint density at radius 2 is 2.18 bits per heavy atom. The molecule has 1 atom stereocenters. The van der Waals surface area contributed by atoms with Gasteiger partial charge >= 0.3 is 0 Å². The zero-order valence-electron chi connectivity index (χ0n) is 10.1. The Balaban J connectivity index is 3.09. The Morgan fingerprint density at radius 3 is 2.71 bits per heavy atom. The molecule has 0 saturated heterocycles. The van der Waals surface area contributed by atoms with Crippen molar-refractivity contribution in [2.75, 3.05) is 12.8 Å². The number of sulfone groups is 1. The molecule has 0 radical (unpaired) electrons. The van der Waals surface area contributed by atoms with Crippen LogP contribution in [0.2, 0.25) is 0 Å². The summed E-state index contributed by atoms with van der Waals surface area (Å²) in [7, 11) is -3.26. The maximum atomic E-state index is 11.4. The standard InChI is InChI=1S/C10H17N3O3S/c1-4-11-6-8-5-9(14)13-10(12-8)7(2)17(3,15)16/h5,7,11H,4,6H2,1-3H3,(H,12,13,14). The normalized spacial score (nSPS) is 13.6. The van der Waals surface area contributed by atoms with Crippen molar-refractivity contribution in [3.63, 3.8) is 0 Å². The number of nitrogens with one attached hydrogen (secondary N) is 2. The van der Waals surface area contributed by atoms with E-state index >= 15 is 0 Å². The summed E-state index contributed by atoms with van der Waals surface area (Å²) in [5.74, 6) is 0.188. The highest BCUT2D eigenvalue weighted by Gasteiger charge is 2.20. The first-order valence-corrected chi connectivity index (χ1v) is 7.29.